The SMILES string of the molecule is [B]CCCCSCCCC. The second kappa shape index (κ2) is 9.41. The zero-order valence-corrected chi connectivity index (χ0v) is 7.75. The highest BCUT2D eigenvalue weighted by atomic mass is 32.2. The van der Waals surface area contributed by atoms with Gasteiger partial charge in [0.1, 0.15) is 0 Å². The van der Waals surface area contributed by atoms with Crippen LogP contribution in [-0.4, -0.2) is 19.4 Å². The zero-order valence-electron chi connectivity index (χ0n) is 6.94. The van der Waals surface area contributed by atoms with Crippen LogP contribution >= 0.6 is 11.8 Å². The first-order chi connectivity index (χ1) is 4.91. The lowest BCUT2D eigenvalue weighted by Gasteiger charge is -1.98. The van der Waals surface area contributed by atoms with Crippen LogP contribution in [0.15, 0.2) is 0 Å². The van der Waals surface area contributed by atoms with Crippen molar-refractivity contribution in [2.45, 2.75) is 38.9 Å². The van der Waals surface area contributed by atoms with E-state index in [1.807, 2.05) is 0 Å². The molecule has 0 fully saturated rings. The van der Waals surface area contributed by atoms with Crippen molar-refractivity contribution in [3.8, 4) is 0 Å². The Morgan fingerprint density at radius 2 is 1.80 bits per heavy atom. The van der Waals surface area contributed by atoms with Crippen LogP contribution in [-0.2, 0) is 0 Å². The molecule has 0 spiro atoms. The van der Waals surface area contributed by atoms with Crippen LogP contribution in [0.25, 0.3) is 0 Å². The Balaban J connectivity index is 2.65. The largest absolute Gasteiger partial charge is 0.162 e. The van der Waals surface area contributed by atoms with Crippen LogP contribution in [0.1, 0.15) is 32.6 Å². The van der Waals surface area contributed by atoms with E-state index in [1.54, 1.807) is 0 Å². The van der Waals surface area contributed by atoms with Crippen LogP contribution in [0.3, 0.4) is 0 Å². The van der Waals surface area contributed by atoms with Gasteiger partial charge in [0.25, 0.3) is 0 Å². The first-order valence-electron chi connectivity index (χ1n) is 4.19. The minimum atomic E-state index is 0.855. The molecule has 0 aromatic carbocycles. The molecule has 0 saturated heterocycles. The van der Waals surface area contributed by atoms with Crippen molar-refractivity contribution in [1.29, 1.82) is 0 Å². The Bertz CT molecular complexity index is 49.2. The van der Waals surface area contributed by atoms with Gasteiger partial charge in [0.05, 0.1) is 7.85 Å². The number of unbranched alkanes of at least 4 members (excludes halogenated alkanes) is 2. The Labute approximate surface area is 70.6 Å². The standard InChI is InChI=1S/C8H17BS/c1-2-3-7-10-8-5-4-6-9/h2-8H2,1H3. The lowest BCUT2D eigenvalue weighted by atomic mass is 10.0. The molecule has 0 atom stereocenters. The van der Waals surface area contributed by atoms with E-state index in [0.717, 1.165) is 6.32 Å². The monoisotopic (exact) mass is 156 g/mol. The van der Waals surface area contributed by atoms with Gasteiger partial charge < -0.3 is 0 Å². The fraction of sp³-hybridized carbons (Fsp3) is 1.00. The van der Waals surface area contributed by atoms with Gasteiger partial charge in [-0.1, -0.05) is 26.1 Å². The van der Waals surface area contributed by atoms with E-state index in [4.69, 9.17) is 7.85 Å². The van der Waals surface area contributed by atoms with Gasteiger partial charge in [0, 0.05) is 0 Å². The van der Waals surface area contributed by atoms with Gasteiger partial charge in [0.2, 0.25) is 0 Å². The van der Waals surface area contributed by atoms with E-state index in [9.17, 15) is 0 Å². The third-order valence-corrected chi connectivity index (χ3v) is 2.54. The fourth-order valence-corrected chi connectivity index (χ4v) is 1.80. The molecule has 0 unspecified atom stereocenters. The lowest BCUT2D eigenvalue weighted by molar-refractivity contribution is 0.878. The summed E-state index contributed by atoms with van der Waals surface area (Å²) in [6.45, 7) is 2.24. The molecule has 0 N–H and O–H groups in total. The van der Waals surface area contributed by atoms with Gasteiger partial charge in [0.15, 0.2) is 0 Å². The molecule has 0 aliphatic rings. The van der Waals surface area contributed by atoms with Gasteiger partial charge in [-0.15, -0.1) is 0 Å². The zero-order chi connectivity index (χ0) is 7.66. The summed E-state index contributed by atoms with van der Waals surface area (Å²) in [7, 11) is 5.36. The third kappa shape index (κ3) is 8.41. The molecule has 0 amide bonds. The average molecular weight is 156 g/mol. The van der Waals surface area contributed by atoms with E-state index < -0.39 is 0 Å². The fourth-order valence-electron chi connectivity index (χ4n) is 0.697. The van der Waals surface area contributed by atoms with Crippen molar-refractivity contribution in [2.24, 2.45) is 0 Å². The first-order valence-corrected chi connectivity index (χ1v) is 5.35. The van der Waals surface area contributed by atoms with E-state index in [2.05, 4.69) is 18.7 Å². The highest BCUT2D eigenvalue weighted by Gasteiger charge is 1.87. The number of hydrogen-bond acceptors (Lipinski definition) is 1. The Hall–Kier alpha value is 0.415. The van der Waals surface area contributed by atoms with Gasteiger partial charge in [-0.05, 0) is 24.3 Å². The maximum Gasteiger partial charge on any atom is 0.0653 e. The Kier molecular flexibility index (Phi) is 9.81. The quantitative estimate of drug-likeness (QED) is 0.403. The molecule has 0 aliphatic heterocycles. The minimum Gasteiger partial charge on any atom is -0.162 e. The predicted octanol–water partition coefficient (Wildman–Crippen LogP) is 2.89. The molecule has 0 rings (SSSR count). The van der Waals surface area contributed by atoms with Gasteiger partial charge >= 0.3 is 0 Å². The molecule has 0 heterocycles. The minimum absolute atomic E-state index is 0.855. The van der Waals surface area contributed by atoms with Gasteiger partial charge in [-0.2, -0.15) is 11.8 Å². The second-order valence-corrected chi connectivity index (χ2v) is 3.69. The summed E-state index contributed by atoms with van der Waals surface area (Å²) in [6, 6.07) is 0. The van der Waals surface area contributed by atoms with Crippen LogP contribution in [0, 0.1) is 0 Å². The predicted molar refractivity (Wildman–Crippen MR) is 52.0 cm³/mol. The van der Waals surface area contributed by atoms with E-state index in [0.29, 0.717) is 0 Å². The Morgan fingerprint density at radius 3 is 2.40 bits per heavy atom. The summed E-state index contributed by atoms with van der Waals surface area (Å²) in [5.74, 6) is 2.64. The highest BCUT2D eigenvalue weighted by Crippen LogP contribution is 2.07. The van der Waals surface area contributed by atoms with Crippen LogP contribution in [0.2, 0.25) is 6.32 Å². The van der Waals surface area contributed by atoms with Crippen molar-refractivity contribution in [2.75, 3.05) is 11.5 Å². The van der Waals surface area contributed by atoms with Crippen LogP contribution < -0.4 is 0 Å². The Morgan fingerprint density at radius 1 is 1.10 bits per heavy atom. The molecule has 0 aliphatic carbocycles. The summed E-state index contributed by atoms with van der Waals surface area (Å²) < 4.78 is 0. The maximum atomic E-state index is 5.36. The summed E-state index contributed by atoms with van der Waals surface area (Å²) >= 11 is 2.06. The number of rotatable bonds is 7. The normalized spacial score (nSPS) is 10.1. The van der Waals surface area contributed by atoms with Crippen molar-refractivity contribution < 1.29 is 0 Å². The van der Waals surface area contributed by atoms with E-state index in [1.165, 1.54) is 37.2 Å². The summed E-state index contributed by atoms with van der Waals surface area (Å²) in [5, 5.41) is 0. The lowest BCUT2D eigenvalue weighted by Crippen LogP contribution is -1.83. The van der Waals surface area contributed by atoms with E-state index >= 15 is 0 Å². The van der Waals surface area contributed by atoms with Gasteiger partial charge in [-0.3, -0.25) is 0 Å². The molecule has 0 saturated carbocycles. The third-order valence-electron chi connectivity index (χ3n) is 1.39. The smallest absolute Gasteiger partial charge is 0.0653 e. The van der Waals surface area contributed by atoms with Crippen LogP contribution in [0.4, 0.5) is 0 Å². The first kappa shape index (κ1) is 10.4. The molecule has 0 nitrogen and oxygen atoms in total. The van der Waals surface area contributed by atoms with Crippen molar-refractivity contribution in [3.05, 3.63) is 0 Å². The molecule has 2 radical (unpaired) electrons. The van der Waals surface area contributed by atoms with Crippen LogP contribution in [0.5, 0.6) is 0 Å². The second-order valence-electron chi connectivity index (χ2n) is 2.46. The molecule has 10 heavy (non-hydrogen) atoms. The molecular weight excluding hydrogens is 139 g/mol. The summed E-state index contributed by atoms with van der Waals surface area (Å²) in [4.78, 5) is 0. The molecule has 0 aromatic heterocycles. The highest BCUT2D eigenvalue weighted by molar-refractivity contribution is 7.99. The molecule has 58 valence electrons. The van der Waals surface area contributed by atoms with Crippen molar-refractivity contribution in [3.63, 3.8) is 0 Å². The number of hydrogen-bond donors (Lipinski definition) is 0. The summed E-state index contributed by atoms with van der Waals surface area (Å²) in [6.07, 6.45) is 6.04. The van der Waals surface area contributed by atoms with E-state index in [-0.39, 0.29) is 0 Å². The molecular formula is C8H17BS. The molecule has 0 aromatic rings. The summed E-state index contributed by atoms with van der Waals surface area (Å²) in [5.41, 5.74) is 0. The van der Waals surface area contributed by atoms with Crippen molar-refractivity contribution >= 4 is 19.6 Å². The van der Waals surface area contributed by atoms with Crippen molar-refractivity contribution in [1.82, 2.24) is 0 Å². The average Bonchev–Trinajstić information content (AvgIpc) is 1.97. The van der Waals surface area contributed by atoms with Gasteiger partial charge in [-0.25, -0.2) is 0 Å². The molecule has 2 heteroatoms. The number of thioether (sulfide) groups is 1. The topological polar surface area (TPSA) is 0 Å². The molecule has 0 bridgehead atoms. The maximum absolute atomic E-state index is 5.36.